The Labute approximate surface area is 114 Å². The predicted molar refractivity (Wildman–Crippen MR) is 71.2 cm³/mol. The van der Waals surface area contributed by atoms with Crippen molar-refractivity contribution in [2.45, 2.75) is 20.0 Å². The van der Waals surface area contributed by atoms with Gasteiger partial charge in [-0.25, -0.2) is 9.97 Å². The molecule has 0 aromatic carbocycles. The number of ether oxygens (including phenoxy) is 1. The molecule has 6 heteroatoms. The van der Waals surface area contributed by atoms with Gasteiger partial charge in [0, 0.05) is 17.4 Å². The fraction of sp³-hybridized carbons (Fsp3) is 0.333. The zero-order valence-corrected chi connectivity index (χ0v) is 11.5. The maximum Gasteiger partial charge on any atom is 0.213 e. The molecule has 1 N–H and O–H groups in total. The number of rotatable bonds is 5. The van der Waals surface area contributed by atoms with Crippen LogP contribution in [0.5, 0.6) is 5.88 Å². The van der Waals surface area contributed by atoms with E-state index in [-0.39, 0.29) is 6.61 Å². The lowest BCUT2D eigenvalue weighted by Gasteiger charge is -2.06. The summed E-state index contributed by atoms with van der Waals surface area (Å²) >= 11 is 7.47. The van der Waals surface area contributed by atoms with Crippen LogP contribution in [0.1, 0.15) is 16.3 Å². The molecule has 0 saturated carbocycles. The minimum atomic E-state index is -0.190. The highest BCUT2D eigenvalue weighted by Crippen LogP contribution is 2.18. The maximum absolute atomic E-state index is 9.05. The number of nitrogens with zero attached hydrogens (tertiary/aromatic N) is 2. The molecule has 0 saturated heterocycles. The van der Waals surface area contributed by atoms with Crippen LogP contribution in [-0.2, 0) is 13.0 Å². The van der Waals surface area contributed by atoms with Gasteiger partial charge in [0.2, 0.25) is 5.88 Å². The summed E-state index contributed by atoms with van der Waals surface area (Å²) < 4.78 is 5.53. The van der Waals surface area contributed by atoms with Gasteiger partial charge >= 0.3 is 0 Å². The van der Waals surface area contributed by atoms with Crippen LogP contribution in [-0.4, -0.2) is 21.7 Å². The van der Waals surface area contributed by atoms with Gasteiger partial charge in [-0.3, -0.25) is 0 Å². The Hall–Kier alpha value is -1.17. The van der Waals surface area contributed by atoms with Gasteiger partial charge in [-0.05, 0) is 13.0 Å². The average Bonchev–Trinajstić information content (AvgIpc) is 2.77. The SMILES string of the molecule is Cc1ncsc1CCOc1ccc(Cl)c(CO)n1. The Kier molecular flexibility index (Phi) is 4.52. The highest BCUT2D eigenvalue weighted by atomic mass is 35.5. The van der Waals surface area contributed by atoms with Crippen LogP contribution in [0.4, 0.5) is 0 Å². The summed E-state index contributed by atoms with van der Waals surface area (Å²) in [6, 6.07) is 3.37. The molecule has 0 amide bonds. The summed E-state index contributed by atoms with van der Waals surface area (Å²) in [6.45, 7) is 2.32. The second-order valence-corrected chi connectivity index (χ2v) is 5.04. The zero-order chi connectivity index (χ0) is 13.0. The minimum Gasteiger partial charge on any atom is -0.477 e. The Morgan fingerprint density at radius 2 is 2.28 bits per heavy atom. The summed E-state index contributed by atoms with van der Waals surface area (Å²) in [5.41, 5.74) is 3.31. The normalized spacial score (nSPS) is 10.6. The van der Waals surface area contributed by atoms with Gasteiger partial charge < -0.3 is 9.84 Å². The van der Waals surface area contributed by atoms with Crippen molar-refractivity contribution in [1.29, 1.82) is 0 Å². The fourth-order valence-corrected chi connectivity index (χ4v) is 2.40. The average molecular weight is 285 g/mol. The van der Waals surface area contributed by atoms with E-state index in [4.69, 9.17) is 21.4 Å². The van der Waals surface area contributed by atoms with Gasteiger partial charge in [-0.2, -0.15) is 0 Å². The van der Waals surface area contributed by atoms with E-state index in [1.54, 1.807) is 23.5 Å². The molecule has 0 aliphatic carbocycles. The molecular weight excluding hydrogens is 272 g/mol. The predicted octanol–water partition coefficient (Wildman–Crippen LogP) is 2.61. The Morgan fingerprint density at radius 1 is 1.44 bits per heavy atom. The van der Waals surface area contributed by atoms with E-state index in [2.05, 4.69) is 9.97 Å². The highest BCUT2D eigenvalue weighted by Gasteiger charge is 2.05. The number of halogens is 1. The summed E-state index contributed by atoms with van der Waals surface area (Å²) in [6.07, 6.45) is 0.801. The van der Waals surface area contributed by atoms with Gasteiger partial charge in [0.15, 0.2) is 0 Å². The third-order valence-electron chi connectivity index (χ3n) is 2.47. The Bertz CT molecular complexity index is 531. The number of pyridine rings is 1. The van der Waals surface area contributed by atoms with E-state index in [1.165, 1.54) is 4.88 Å². The molecule has 0 aliphatic rings. The topological polar surface area (TPSA) is 55.2 Å². The summed E-state index contributed by atoms with van der Waals surface area (Å²) in [5.74, 6) is 0.477. The van der Waals surface area contributed by atoms with Crippen LogP contribution in [0.3, 0.4) is 0 Å². The van der Waals surface area contributed by atoms with E-state index in [1.807, 2.05) is 12.4 Å². The maximum atomic E-state index is 9.05. The molecular formula is C12H13ClN2O2S. The van der Waals surface area contributed by atoms with E-state index >= 15 is 0 Å². The van der Waals surface area contributed by atoms with E-state index in [9.17, 15) is 0 Å². The monoisotopic (exact) mass is 284 g/mol. The first kappa shape index (κ1) is 13.3. The third kappa shape index (κ3) is 3.19. The van der Waals surface area contributed by atoms with Gasteiger partial charge in [-0.15, -0.1) is 11.3 Å². The highest BCUT2D eigenvalue weighted by molar-refractivity contribution is 7.09. The van der Waals surface area contributed by atoms with E-state index < -0.39 is 0 Å². The van der Waals surface area contributed by atoms with Crippen molar-refractivity contribution in [2.24, 2.45) is 0 Å². The van der Waals surface area contributed by atoms with E-state index in [0.29, 0.717) is 23.2 Å². The first-order valence-corrected chi connectivity index (χ1v) is 6.74. The van der Waals surface area contributed by atoms with Crippen LogP contribution in [0.25, 0.3) is 0 Å². The van der Waals surface area contributed by atoms with Crippen molar-refractivity contribution in [1.82, 2.24) is 9.97 Å². The fourth-order valence-electron chi connectivity index (χ4n) is 1.47. The Morgan fingerprint density at radius 3 is 2.94 bits per heavy atom. The summed E-state index contributed by atoms with van der Waals surface area (Å²) in [7, 11) is 0. The van der Waals surface area contributed by atoms with Crippen molar-refractivity contribution in [2.75, 3.05) is 6.61 Å². The largest absolute Gasteiger partial charge is 0.477 e. The third-order valence-corrected chi connectivity index (χ3v) is 3.81. The van der Waals surface area contributed by atoms with Crippen molar-refractivity contribution in [3.63, 3.8) is 0 Å². The van der Waals surface area contributed by atoms with Gasteiger partial charge in [0.25, 0.3) is 0 Å². The first-order valence-electron chi connectivity index (χ1n) is 5.48. The van der Waals surface area contributed by atoms with E-state index in [0.717, 1.165) is 12.1 Å². The first-order chi connectivity index (χ1) is 8.70. The molecule has 4 nitrogen and oxygen atoms in total. The lowest BCUT2D eigenvalue weighted by atomic mass is 10.3. The lowest BCUT2D eigenvalue weighted by Crippen LogP contribution is -2.04. The molecule has 0 radical (unpaired) electrons. The molecule has 0 atom stereocenters. The van der Waals surface area contributed by atoms with Crippen LogP contribution in [0.2, 0.25) is 5.02 Å². The van der Waals surface area contributed by atoms with Crippen molar-refractivity contribution >= 4 is 22.9 Å². The second-order valence-electron chi connectivity index (χ2n) is 3.70. The molecule has 18 heavy (non-hydrogen) atoms. The summed E-state index contributed by atoms with van der Waals surface area (Å²) in [5, 5.41) is 9.49. The van der Waals surface area contributed by atoms with Gasteiger partial charge in [-0.1, -0.05) is 11.6 Å². The summed E-state index contributed by atoms with van der Waals surface area (Å²) in [4.78, 5) is 9.51. The molecule has 2 aromatic heterocycles. The second kappa shape index (κ2) is 6.13. The molecule has 0 fully saturated rings. The van der Waals surface area contributed by atoms with Crippen LogP contribution >= 0.6 is 22.9 Å². The van der Waals surface area contributed by atoms with Crippen LogP contribution < -0.4 is 4.74 Å². The number of aliphatic hydroxyl groups excluding tert-OH is 1. The van der Waals surface area contributed by atoms with Gasteiger partial charge in [0.05, 0.1) is 35.1 Å². The molecule has 0 unspecified atom stereocenters. The molecule has 2 rings (SSSR count). The van der Waals surface area contributed by atoms with Crippen LogP contribution in [0, 0.1) is 6.92 Å². The van der Waals surface area contributed by atoms with Crippen LogP contribution in [0.15, 0.2) is 17.6 Å². The van der Waals surface area contributed by atoms with Crippen molar-refractivity contribution in [3.05, 3.63) is 38.9 Å². The van der Waals surface area contributed by atoms with Gasteiger partial charge in [0.1, 0.15) is 0 Å². The number of hydrogen-bond donors (Lipinski definition) is 1. The molecule has 0 bridgehead atoms. The number of aryl methyl sites for hydroxylation is 1. The number of aliphatic hydroxyl groups is 1. The lowest BCUT2D eigenvalue weighted by molar-refractivity contribution is 0.269. The number of aromatic nitrogens is 2. The number of hydrogen-bond acceptors (Lipinski definition) is 5. The molecule has 96 valence electrons. The molecule has 0 spiro atoms. The smallest absolute Gasteiger partial charge is 0.213 e. The molecule has 2 aromatic rings. The molecule has 2 heterocycles. The molecule has 0 aliphatic heterocycles. The zero-order valence-electron chi connectivity index (χ0n) is 9.89. The van der Waals surface area contributed by atoms with Crippen molar-refractivity contribution < 1.29 is 9.84 Å². The number of thiazole rings is 1. The quantitative estimate of drug-likeness (QED) is 0.917. The minimum absolute atomic E-state index is 0.190. The van der Waals surface area contributed by atoms with Crippen molar-refractivity contribution in [3.8, 4) is 5.88 Å². The standard InChI is InChI=1S/C12H13ClN2O2S/c1-8-11(18-7-14-8)4-5-17-12-3-2-9(13)10(6-16)15-12/h2-3,7,16H,4-6H2,1H3. The Balaban J connectivity index is 1.92.